The van der Waals surface area contributed by atoms with E-state index >= 15 is 0 Å². The first-order valence-electron chi connectivity index (χ1n) is 8.02. The van der Waals surface area contributed by atoms with Crippen LogP contribution in [-0.4, -0.2) is 19.0 Å². The number of amides is 1. The molecular formula is C17H27N3O. The maximum atomic E-state index is 11.8. The molecule has 1 aromatic rings. The Bertz CT molecular complexity index is 493. The normalized spacial score (nSPS) is 16.7. The molecule has 4 nitrogen and oxygen atoms in total. The van der Waals surface area contributed by atoms with Crippen LogP contribution >= 0.6 is 0 Å². The zero-order valence-electron chi connectivity index (χ0n) is 13.2. The van der Waals surface area contributed by atoms with Gasteiger partial charge >= 0.3 is 0 Å². The first-order valence-corrected chi connectivity index (χ1v) is 8.02. The number of benzene rings is 1. The van der Waals surface area contributed by atoms with E-state index < -0.39 is 0 Å². The number of carbonyl (C=O) groups is 1. The zero-order chi connectivity index (χ0) is 15.3. The third-order valence-corrected chi connectivity index (χ3v) is 4.72. The van der Waals surface area contributed by atoms with Gasteiger partial charge in [0.05, 0.1) is 11.4 Å². The van der Waals surface area contributed by atoms with Crippen molar-refractivity contribution in [2.24, 2.45) is 5.41 Å². The van der Waals surface area contributed by atoms with Gasteiger partial charge in [-0.1, -0.05) is 19.8 Å². The van der Waals surface area contributed by atoms with E-state index in [4.69, 9.17) is 5.73 Å². The summed E-state index contributed by atoms with van der Waals surface area (Å²) in [6, 6.07) is 5.50. The van der Waals surface area contributed by atoms with E-state index in [0.29, 0.717) is 23.2 Å². The largest absolute Gasteiger partial charge is 0.397 e. The maximum Gasteiger partial charge on any atom is 0.251 e. The SMILES string of the molecule is CCNC(=O)c1ccc(NCC2(CC)CCCC2)c(N)c1. The van der Waals surface area contributed by atoms with Gasteiger partial charge in [0.25, 0.3) is 5.91 Å². The molecular weight excluding hydrogens is 262 g/mol. The third kappa shape index (κ3) is 3.69. The van der Waals surface area contributed by atoms with Crippen LogP contribution in [0.1, 0.15) is 56.3 Å². The number of nitrogen functional groups attached to an aromatic ring is 1. The standard InChI is InChI=1S/C17H27N3O/c1-3-17(9-5-6-10-17)12-20-15-8-7-13(11-14(15)18)16(21)19-4-2/h7-8,11,20H,3-6,9-10,12,18H2,1-2H3,(H,19,21). The molecule has 2 rings (SSSR count). The zero-order valence-corrected chi connectivity index (χ0v) is 13.2. The Morgan fingerprint density at radius 1 is 1.29 bits per heavy atom. The molecule has 1 aromatic carbocycles. The lowest BCUT2D eigenvalue weighted by molar-refractivity contribution is 0.0956. The summed E-state index contributed by atoms with van der Waals surface area (Å²) in [7, 11) is 0. The Hall–Kier alpha value is -1.71. The summed E-state index contributed by atoms with van der Waals surface area (Å²) >= 11 is 0. The second-order valence-electron chi connectivity index (χ2n) is 6.08. The smallest absolute Gasteiger partial charge is 0.251 e. The first kappa shape index (κ1) is 15.7. The van der Waals surface area contributed by atoms with Gasteiger partial charge in [0, 0.05) is 18.7 Å². The van der Waals surface area contributed by atoms with Crippen molar-refractivity contribution in [2.45, 2.75) is 46.0 Å². The fraction of sp³-hybridized carbons (Fsp3) is 0.588. The molecule has 1 aliphatic rings. The summed E-state index contributed by atoms with van der Waals surface area (Å²) in [5, 5.41) is 6.27. The Labute approximate surface area is 127 Å². The number of carbonyl (C=O) groups excluding carboxylic acids is 1. The fourth-order valence-corrected chi connectivity index (χ4v) is 3.19. The number of hydrogen-bond donors (Lipinski definition) is 3. The van der Waals surface area contributed by atoms with Crippen molar-refractivity contribution in [1.29, 1.82) is 0 Å². The van der Waals surface area contributed by atoms with Gasteiger partial charge in [-0.05, 0) is 49.8 Å². The average molecular weight is 289 g/mol. The second-order valence-corrected chi connectivity index (χ2v) is 6.08. The van der Waals surface area contributed by atoms with E-state index in [2.05, 4.69) is 17.6 Å². The van der Waals surface area contributed by atoms with Crippen molar-refractivity contribution in [1.82, 2.24) is 5.32 Å². The van der Waals surface area contributed by atoms with E-state index in [1.807, 2.05) is 19.1 Å². The molecule has 0 heterocycles. The fourth-order valence-electron chi connectivity index (χ4n) is 3.19. The van der Waals surface area contributed by atoms with Crippen LogP contribution in [0.15, 0.2) is 18.2 Å². The van der Waals surface area contributed by atoms with Crippen LogP contribution in [0.2, 0.25) is 0 Å². The number of nitrogens with one attached hydrogen (secondary N) is 2. The van der Waals surface area contributed by atoms with Gasteiger partial charge in [0.1, 0.15) is 0 Å². The molecule has 0 aliphatic heterocycles. The molecule has 0 bridgehead atoms. The van der Waals surface area contributed by atoms with Crippen molar-refractivity contribution in [3.8, 4) is 0 Å². The molecule has 21 heavy (non-hydrogen) atoms. The molecule has 0 spiro atoms. The monoisotopic (exact) mass is 289 g/mol. The molecule has 0 radical (unpaired) electrons. The van der Waals surface area contributed by atoms with Gasteiger partial charge < -0.3 is 16.4 Å². The molecule has 0 atom stereocenters. The number of anilines is 2. The summed E-state index contributed by atoms with van der Waals surface area (Å²) in [5.74, 6) is -0.0726. The van der Waals surface area contributed by atoms with Crippen molar-refractivity contribution in [3.63, 3.8) is 0 Å². The first-order chi connectivity index (χ1) is 10.1. The highest BCUT2D eigenvalue weighted by Crippen LogP contribution is 2.41. The van der Waals surface area contributed by atoms with Crippen LogP contribution in [0.3, 0.4) is 0 Å². The number of nitrogens with two attached hydrogens (primary N) is 1. The Morgan fingerprint density at radius 3 is 2.57 bits per heavy atom. The Kier molecular flexibility index (Phi) is 5.10. The van der Waals surface area contributed by atoms with Crippen LogP contribution in [0.4, 0.5) is 11.4 Å². The Balaban J connectivity index is 2.02. The van der Waals surface area contributed by atoms with Crippen LogP contribution < -0.4 is 16.4 Å². The quantitative estimate of drug-likeness (QED) is 0.703. The van der Waals surface area contributed by atoms with Gasteiger partial charge in [-0.15, -0.1) is 0 Å². The van der Waals surface area contributed by atoms with Gasteiger partial charge in [0.15, 0.2) is 0 Å². The second kappa shape index (κ2) is 6.83. The molecule has 0 aromatic heterocycles. The molecule has 0 saturated heterocycles. The molecule has 1 amide bonds. The summed E-state index contributed by atoms with van der Waals surface area (Å²) in [4.78, 5) is 11.8. The van der Waals surface area contributed by atoms with E-state index in [1.54, 1.807) is 6.07 Å². The highest BCUT2D eigenvalue weighted by Gasteiger charge is 2.31. The predicted molar refractivity (Wildman–Crippen MR) is 88.5 cm³/mol. The van der Waals surface area contributed by atoms with Gasteiger partial charge in [-0.25, -0.2) is 0 Å². The van der Waals surface area contributed by atoms with Gasteiger partial charge in [-0.3, -0.25) is 4.79 Å². The molecule has 4 heteroatoms. The van der Waals surface area contributed by atoms with Crippen LogP contribution in [-0.2, 0) is 0 Å². The number of hydrogen-bond acceptors (Lipinski definition) is 3. The van der Waals surface area contributed by atoms with Crippen molar-refractivity contribution in [3.05, 3.63) is 23.8 Å². The lowest BCUT2D eigenvalue weighted by Gasteiger charge is -2.28. The van der Waals surface area contributed by atoms with E-state index in [1.165, 1.54) is 32.1 Å². The van der Waals surface area contributed by atoms with E-state index in [-0.39, 0.29) is 5.91 Å². The van der Waals surface area contributed by atoms with Crippen LogP contribution in [0.25, 0.3) is 0 Å². The summed E-state index contributed by atoms with van der Waals surface area (Å²) < 4.78 is 0. The predicted octanol–water partition coefficient (Wildman–Crippen LogP) is 3.40. The van der Waals surface area contributed by atoms with E-state index in [0.717, 1.165) is 12.2 Å². The van der Waals surface area contributed by atoms with Crippen molar-refractivity contribution in [2.75, 3.05) is 24.1 Å². The minimum absolute atomic E-state index is 0.0726. The third-order valence-electron chi connectivity index (χ3n) is 4.72. The lowest BCUT2D eigenvalue weighted by atomic mass is 9.83. The van der Waals surface area contributed by atoms with Crippen molar-refractivity contribution >= 4 is 17.3 Å². The average Bonchev–Trinajstić information content (AvgIpc) is 2.95. The highest BCUT2D eigenvalue weighted by atomic mass is 16.1. The Morgan fingerprint density at radius 2 is 2.00 bits per heavy atom. The summed E-state index contributed by atoms with van der Waals surface area (Å²) in [6.45, 7) is 5.77. The molecule has 4 N–H and O–H groups in total. The lowest BCUT2D eigenvalue weighted by Crippen LogP contribution is -2.26. The minimum Gasteiger partial charge on any atom is -0.397 e. The molecule has 1 fully saturated rings. The summed E-state index contributed by atoms with van der Waals surface area (Å²) in [5.41, 5.74) is 8.69. The topological polar surface area (TPSA) is 67.2 Å². The van der Waals surface area contributed by atoms with Gasteiger partial charge in [0.2, 0.25) is 0 Å². The highest BCUT2D eigenvalue weighted by molar-refractivity contribution is 5.96. The van der Waals surface area contributed by atoms with Crippen molar-refractivity contribution < 1.29 is 4.79 Å². The minimum atomic E-state index is -0.0726. The maximum absolute atomic E-state index is 11.8. The summed E-state index contributed by atoms with van der Waals surface area (Å²) in [6.07, 6.45) is 6.47. The molecule has 0 unspecified atom stereocenters. The number of rotatable bonds is 6. The molecule has 1 saturated carbocycles. The van der Waals surface area contributed by atoms with E-state index in [9.17, 15) is 4.79 Å². The van der Waals surface area contributed by atoms with Crippen LogP contribution in [0.5, 0.6) is 0 Å². The van der Waals surface area contributed by atoms with Crippen LogP contribution in [0, 0.1) is 5.41 Å². The molecule has 1 aliphatic carbocycles. The van der Waals surface area contributed by atoms with Gasteiger partial charge in [-0.2, -0.15) is 0 Å². The molecule has 116 valence electrons.